The molecule has 0 aromatic heterocycles. The number of amides is 2. The van der Waals surface area contributed by atoms with Gasteiger partial charge in [0.15, 0.2) is 0 Å². The number of nitrogens with two attached hydrogens (primary N) is 1. The van der Waals surface area contributed by atoms with E-state index in [1.807, 2.05) is 6.07 Å². The third-order valence-electron chi connectivity index (χ3n) is 2.00. The van der Waals surface area contributed by atoms with Crippen LogP contribution in [0.1, 0.15) is 11.6 Å². The second-order valence-corrected chi connectivity index (χ2v) is 3.25. The molecule has 1 aromatic carbocycles. The molecule has 1 aromatic rings. The van der Waals surface area contributed by atoms with E-state index in [0.29, 0.717) is 5.56 Å². The minimum absolute atomic E-state index is 0.101. The van der Waals surface area contributed by atoms with E-state index in [-0.39, 0.29) is 12.5 Å². The molecule has 86 valence electrons. The molecule has 1 rings (SSSR count). The highest BCUT2D eigenvalue weighted by Crippen LogP contribution is 2.11. The lowest BCUT2D eigenvalue weighted by atomic mass is 10.1. The predicted molar refractivity (Wildman–Crippen MR) is 58.4 cm³/mol. The van der Waals surface area contributed by atoms with E-state index in [0.717, 1.165) is 0 Å². The predicted octanol–water partition coefficient (Wildman–Crippen LogP) is -0.0244. The molecule has 3 N–H and O–H groups in total. The van der Waals surface area contributed by atoms with Crippen LogP contribution in [0.5, 0.6) is 0 Å². The summed E-state index contributed by atoms with van der Waals surface area (Å²) in [5.74, 6) is -0.981. The largest absolute Gasteiger partial charge is 0.375 e. The fraction of sp³-hybridized carbons (Fsp3) is 0.273. The van der Waals surface area contributed by atoms with E-state index in [1.165, 1.54) is 7.11 Å². The Morgan fingerprint density at radius 2 is 2.00 bits per heavy atom. The van der Waals surface area contributed by atoms with Gasteiger partial charge in [0.2, 0.25) is 11.8 Å². The van der Waals surface area contributed by atoms with Crippen LogP contribution in [-0.2, 0) is 14.3 Å². The van der Waals surface area contributed by atoms with Crippen molar-refractivity contribution in [2.24, 2.45) is 5.73 Å². The van der Waals surface area contributed by atoms with Crippen molar-refractivity contribution in [3.8, 4) is 0 Å². The molecule has 0 unspecified atom stereocenters. The zero-order valence-electron chi connectivity index (χ0n) is 8.97. The van der Waals surface area contributed by atoms with Crippen LogP contribution in [0.3, 0.4) is 0 Å². The van der Waals surface area contributed by atoms with Gasteiger partial charge in [0.25, 0.3) is 0 Å². The smallest absolute Gasteiger partial charge is 0.246 e. The molecular formula is C11H14N2O3. The van der Waals surface area contributed by atoms with Gasteiger partial charge in [0.05, 0.1) is 0 Å². The van der Waals surface area contributed by atoms with Gasteiger partial charge < -0.3 is 15.8 Å². The molecule has 0 fully saturated rings. The maximum atomic E-state index is 11.3. The number of primary amides is 1. The minimum atomic E-state index is -0.816. The molecule has 0 spiro atoms. The normalized spacial score (nSPS) is 11.8. The quantitative estimate of drug-likeness (QED) is 0.734. The van der Waals surface area contributed by atoms with Crippen LogP contribution in [0.2, 0.25) is 0 Å². The Morgan fingerprint density at radius 1 is 1.38 bits per heavy atom. The fourth-order valence-electron chi connectivity index (χ4n) is 1.30. The Morgan fingerprint density at radius 3 is 2.50 bits per heavy atom. The number of rotatable bonds is 5. The van der Waals surface area contributed by atoms with Gasteiger partial charge in [-0.1, -0.05) is 30.3 Å². The highest BCUT2D eigenvalue weighted by atomic mass is 16.5. The summed E-state index contributed by atoms with van der Waals surface area (Å²) in [5.41, 5.74) is 5.87. The van der Waals surface area contributed by atoms with Crippen LogP contribution in [-0.4, -0.2) is 25.5 Å². The SMILES string of the molecule is COCC(=O)N[C@H](C(N)=O)c1ccccc1. The van der Waals surface area contributed by atoms with E-state index in [1.54, 1.807) is 24.3 Å². The molecule has 5 heteroatoms. The zero-order chi connectivity index (χ0) is 12.0. The third kappa shape index (κ3) is 3.36. The van der Waals surface area contributed by atoms with Crippen molar-refractivity contribution in [3.63, 3.8) is 0 Å². The van der Waals surface area contributed by atoms with E-state index < -0.39 is 11.9 Å². The topological polar surface area (TPSA) is 81.4 Å². The summed E-state index contributed by atoms with van der Waals surface area (Å²) in [4.78, 5) is 22.5. The van der Waals surface area contributed by atoms with Gasteiger partial charge in [-0.15, -0.1) is 0 Å². The zero-order valence-corrected chi connectivity index (χ0v) is 8.97. The summed E-state index contributed by atoms with van der Waals surface area (Å²) in [6.45, 7) is -0.101. The summed E-state index contributed by atoms with van der Waals surface area (Å²) in [5, 5.41) is 2.50. The number of hydrogen-bond acceptors (Lipinski definition) is 3. The molecule has 0 saturated heterocycles. The summed E-state index contributed by atoms with van der Waals surface area (Å²) in [6.07, 6.45) is 0. The molecule has 5 nitrogen and oxygen atoms in total. The molecule has 0 bridgehead atoms. The molecule has 0 radical (unpaired) electrons. The Labute approximate surface area is 93.6 Å². The average molecular weight is 222 g/mol. The Bertz CT molecular complexity index is 365. The average Bonchev–Trinajstić information content (AvgIpc) is 2.27. The van der Waals surface area contributed by atoms with Gasteiger partial charge in [-0.2, -0.15) is 0 Å². The first kappa shape index (κ1) is 12.2. The lowest BCUT2D eigenvalue weighted by Gasteiger charge is -2.15. The number of nitrogens with one attached hydrogen (secondary N) is 1. The second kappa shape index (κ2) is 5.87. The summed E-state index contributed by atoms with van der Waals surface area (Å²) in [6, 6.07) is 7.99. The van der Waals surface area contributed by atoms with E-state index in [2.05, 4.69) is 10.1 Å². The number of ether oxygens (including phenoxy) is 1. The number of carbonyl (C=O) groups excluding carboxylic acids is 2. The van der Waals surface area contributed by atoms with Crippen molar-refractivity contribution in [2.45, 2.75) is 6.04 Å². The van der Waals surface area contributed by atoms with Gasteiger partial charge in [-0.3, -0.25) is 9.59 Å². The second-order valence-electron chi connectivity index (χ2n) is 3.25. The van der Waals surface area contributed by atoms with Crippen molar-refractivity contribution >= 4 is 11.8 Å². The Kier molecular flexibility index (Phi) is 4.47. The van der Waals surface area contributed by atoms with Crippen LogP contribution in [0.15, 0.2) is 30.3 Å². The number of methoxy groups -OCH3 is 1. The molecule has 0 saturated carbocycles. The number of carbonyl (C=O) groups is 2. The summed E-state index contributed by atoms with van der Waals surface area (Å²) in [7, 11) is 1.40. The molecule has 1 atom stereocenters. The lowest BCUT2D eigenvalue weighted by Crippen LogP contribution is -2.39. The number of hydrogen-bond donors (Lipinski definition) is 2. The van der Waals surface area contributed by atoms with Gasteiger partial charge in [0.1, 0.15) is 12.6 Å². The van der Waals surface area contributed by atoms with Crippen LogP contribution in [0, 0.1) is 0 Å². The summed E-state index contributed by atoms with van der Waals surface area (Å²) < 4.78 is 4.66. The van der Waals surface area contributed by atoms with Gasteiger partial charge in [-0.25, -0.2) is 0 Å². The van der Waals surface area contributed by atoms with Crippen molar-refractivity contribution in [3.05, 3.63) is 35.9 Å². The van der Waals surface area contributed by atoms with E-state index in [4.69, 9.17) is 5.73 Å². The molecule has 16 heavy (non-hydrogen) atoms. The van der Waals surface area contributed by atoms with Gasteiger partial charge in [0, 0.05) is 7.11 Å². The standard InChI is InChI=1S/C11H14N2O3/c1-16-7-9(14)13-10(11(12)15)8-5-3-2-4-6-8/h2-6,10H,7H2,1H3,(H2,12,15)(H,13,14)/t10-/m0/s1. The molecule has 0 heterocycles. The maximum absolute atomic E-state index is 11.3. The van der Waals surface area contributed by atoms with Crippen LogP contribution >= 0.6 is 0 Å². The third-order valence-corrected chi connectivity index (χ3v) is 2.00. The van der Waals surface area contributed by atoms with Crippen LogP contribution in [0.4, 0.5) is 0 Å². The molecule has 0 aliphatic rings. The molecule has 0 aliphatic carbocycles. The van der Waals surface area contributed by atoms with Gasteiger partial charge in [-0.05, 0) is 5.56 Å². The minimum Gasteiger partial charge on any atom is -0.375 e. The Balaban J connectivity index is 2.77. The van der Waals surface area contributed by atoms with Crippen molar-refractivity contribution in [1.29, 1.82) is 0 Å². The lowest BCUT2D eigenvalue weighted by molar-refractivity contribution is -0.129. The van der Waals surface area contributed by atoms with E-state index in [9.17, 15) is 9.59 Å². The maximum Gasteiger partial charge on any atom is 0.246 e. The molecular weight excluding hydrogens is 208 g/mol. The summed E-state index contributed by atoms with van der Waals surface area (Å²) >= 11 is 0. The number of benzene rings is 1. The molecule has 2 amide bonds. The van der Waals surface area contributed by atoms with Crippen molar-refractivity contribution < 1.29 is 14.3 Å². The Hall–Kier alpha value is -1.88. The first-order valence-electron chi connectivity index (χ1n) is 4.77. The highest BCUT2D eigenvalue weighted by Gasteiger charge is 2.19. The van der Waals surface area contributed by atoms with Crippen molar-refractivity contribution in [2.75, 3.05) is 13.7 Å². The van der Waals surface area contributed by atoms with Crippen LogP contribution in [0.25, 0.3) is 0 Å². The first-order valence-corrected chi connectivity index (χ1v) is 4.77. The highest BCUT2D eigenvalue weighted by molar-refractivity contribution is 5.88. The fourth-order valence-corrected chi connectivity index (χ4v) is 1.30. The van der Waals surface area contributed by atoms with Gasteiger partial charge >= 0.3 is 0 Å². The van der Waals surface area contributed by atoms with Crippen LogP contribution < -0.4 is 11.1 Å². The molecule has 0 aliphatic heterocycles. The van der Waals surface area contributed by atoms with E-state index >= 15 is 0 Å². The monoisotopic (exact) mass is 222 g/mol. The first-order chi connectivity index (χ1) is 7.65. The van der Waals surface area contributed by atoms with Crippen molar-refractivity contribution in [1.82, 2.24) is 5.32 Å².